The number of H-pyrrole nitrogens is 1. The average molecular weight is 799 g/mol. The Hall–Kier alpha value is -4.67. The van der Waals surface area contributed by atoms with Gasteiger partial charge in [0.15, 0.2) is 28.5 Å². The third-order valence-corrected chi connectivity index (χ3v) is 14.5. The number of phenolic OH excluding ortho intramolecular Hbond substituents is 1. The van der Waals surface area contributed by atoms with Gasteiger partial charge in [0.2, 0.25) is 6.79 Å². The first kappa shape index (κ1) is 36.7. The number of carbonyl (C=O) groups excluding carboxylic acids is 2. The maximum absolute atomic E-state index is 15.0. The molecular formula is C42H46N4O10S. The summed E-state index contributed by atoms with van der Waals surface area (Å²) in [4.78, 5) is 35.9. The molecule has 3 aromatic carbocycles. The van der Waals surface area contributed by atoms with Crippen molar-refractivity contribution in [2.75, 3.05) is 53.0 Å². The number of aliphatic hydroxyl groups is 1. The minimum Gasteiger partial charge on any atom is -0.504 e. The van der Waals surface area contributed by atoms with Gasteiger partial charge in [-0.1, -0.05) is 13.0 Å². The molecule has 2 fully saturated rings. The molecule has 14 nitrogen and oxygen atoms in total. The molecule has 9 heterocycles. The monoisotopic (exact) mass is 798 g/mol. The quantitative estimate of drug-likeness (QED) is 0.168. The Kier molecular flexibility index (Phi) is 8.31. The number of benzene rings is 3. The molecular weight excluding hydrogens is 753 g/mol. The number of nitrogens with zero attached hydrogens (tertiary/aromatic N) is 2. The summed E-state index contributed by atoms with van der Waals surface area (Å²) >= 11 is 1.54. The van der Waals surface area contributed by atoms with Crippen LogP contribution in [0.4, 0.5) is 0 Å². The molecule has 300 valence electrons. The van der Waals surface area contributed by atoms with E-state index in [1.807, 2.05) is 38.1 Å². The van der Waals surface area contributed by atoms with Crippen molar-refractivity contribution in [2.24, 2.45) is 0 Å². The Labute approximate surface area is 333 Å². The van der Waals surface area contributed by atoms with Crippen molar-refractivity contribution in [1.82, 2.24) is 20.1 Å². The number of nitrogens with one attached hydrogen (secondary N) is 2. The molecule has 15 heteroatoms. The van der Waals surface area contributed by atoms with Crippen LogP contribution in [0.5, 0.6) is 34.5 Å². The van der Waals surface area contributed by atoms with E-state index in [0.29, 0.717) is 59.2 Å². The molecule has 12 rings (SSSR count). The lowest BCUT2D eigenvalue weighted by atomic mass is 9.78. The molecule has 0 aliphatic carbocycles. The van der Waals surface area contributed by atoms with Crippen LogP contribution in [0, 0.1) is 13.8 Å². The number of thioether (sulfide) groups is 1. The molecule has 0 amide bonds. The topological polar surface area (TPSA) is 164 Å². The van der Waals surface area contributed by atoms with Gasteiger partial charge in [-0.25, -0.2) is 4.79 Å². The van der Waals surface area contributed by atoms with Crippen molar-refractivity contribution in [2.45, 2.75) is 75.2 Å². The lowest BCUT2D eigenvalue weighted by Gasteiger charge is -2.61. The van der Waals surface area contributed by atoms with E-state index in [1.54, 1.807) is 14.2 Å². The van der Waals surface area contributed by atoms with Gasteiger partial charge in [0.1, 0.15) is 23.8 Å². The fraction of sp³-hybridized carbons (Fsp3) is 0.476. The molecule has 1 spiro atoms. The van der Waals surface area contributed by atoms with Crippen LogP contribution >= 0.6 is 11.8 Å². The van der Waals surface area contributed by atoms with Gasteiger partial charge in [0, 0.05) is 71.4 Å². The molecule has 2 saturated heterocycles. The van der Waals surface area contributed by atoms with Crippen molar-refractivity contribution < 1.29 is 48.2 Å². The van der Waals surface area contributed by atoms with Crippen molar-refractivity contribution in [3.63, 3.8) is 0 Å². The van der Waals surface area contributed by atoms with E-state index in [-0.39, 0.29) is 37.9 Å². The first-order valence-corrected chi connectivity index (χ1v) is 20.5. The number of esters is 2. The third kappa shape index (κ3) is 4.98. The van der Waals surface area contributed by atoms with Crippen molar-refractivity contribution >= 4 is 34.6 Å². The maximum Gasteiger partial charge on any atom is 0.333 e. The summed E-state index contributed by atoms with van der Waals surface area (Å²) in [6.07, 6.45) is 0.877. The molecule has 0 radical (unpaired) electrons. The first-order valence-electron chi connectivity index (χ1n) is 19.5. The molecule has 4 N–H and O–H groups in total. The lowest BCUT2D eigenvalue weighted by Crippen LogP contribution is -2.70. The van der Waals surface area contributed by atoms with Gasteiger partial charge in [0.25, 0.3) is 0 Å². The number of methoxy groups -OCH3 is 2. The van der Waals surface area contributed by atoms with Gasteiger partial charge >= 0.3 is 11.9 Å². The van der Waals surface area contributed by atoms with Gasteiger partial charge in [-0.05, 0) is 61.7 Å². The highest BCUT2D eigenvalue weighted by atomic mass is 32.2. The summed E-state index contributed by atoms with van der Waals surface area (Å²) in [6, 6.07) is 6.09. The number of likely N-dealkylation sites (N-methyl/N-ethyl adjacent to an activating group) is 1. The van der Waals surface area contributed by atoms with Crippen LogP contribution in [0.2, 0.25) is 0 Å². The first-order chi connectivity index (χ1) is 27.4. The summed E-state index contributed by atoms with van der Waals surface area (Å²) in [7, 11) is 3.19. The van der Waals surface area contributed by atoms with Crippen molar-refractivity contribution in [1.29, 1.82) is 0 Å². The van der Waals surface area contributed by atoms with Crippen LogP contribution in [0.3, 0.4) is 0 Å². The van der Waals surface area contributed by atoms with E-state index < -0.39 is 46.6 Å². The molecule has 4 bridgehead atoms. The van der Waals surface area contributed by atoms with Crippen molar-refractivity contribution in [3.8, 4) is 34.5 Å². The summed E-state index contributed by atoms with van der Waals surface area (Å²) in [5.41, 5.74) is 4.11. The Bertz CT molecular complexity index is 2400. The zero-order chi connectivity index (χ0) is 39.7. The molecule has 4 unspecified atom stereocenters. The number of aromatic hydroxyl groups is 1. The highest BCUT2D eigenvalue weighted by Crippen LogP contribution is 2.65. The Balaban J connectivity index is 1.25. The predicted molar refractivity (Wildman–Crippen MR) is 209 cm³/mol. The zero-order valence-corrected chi connectivity index (χ0v) is 33.6. The highest BCUT2D eigenvalue weighted by Gasteiger charge is 2.64. The van der Waals surface area contributed by atoms with E-state index >= 15 is 0 Å². The van der Waals surface area contributed by atoms with Crippen LogP contribution in [-0.4, -0.2) is 102 Å². The smallest absolute Gasteiger partial charge is 0.333 e. The van der Waals surface area contributed by atoms with Crippen LogP contribution in [0.15, 0.2) is 24.3 Å². The van der Waals surface area contributed by atoms with E-state index in [4.69, 9.17) is 28.4 Å². The van der Waals surface area contributed by atoms with E-state index in [9.17, 15) is 19.8 Å². The second-order valence-corrected chi connectivity index (χ2v) is 17.1. The molecule has 4 aromatic rings. The standard InChI is InChI=1S/C42H46N4O10S/c1-7-45-16-41(50)14-22-12-19(2)34(52-6)33(48)28(22)31(45)32-38-30-29(37-36(54-18-55-37)20(3)35(30)56-21(4)47)27(46(32)41)15-53-40(49)42(17-57-38)39-24(10-11-43-42)25-13-23(51-5)8-9-26(25)44-39/h8-9,12-13,27,31-32,38,43-44,48,50H,7,10-11,14-18H2,1-6H3/t27?,31-,32?,38+,41?,42+/m0/s1. The van der Waals surface area contributed by atoms with E-state index in [1.165, 1.54) is 18.7 Å². The molecule has 57 heavy (non-hydrogen) atoms. The number of aryl methyl sites for hydroxylation is 1. The number of aromatic amines is 1. The molecule has 0 saturated carbocycles. The average Bonchev–Trinajstić information content (AvgIpc) is 3.78. The molecule has 8 aliphatic rings. The second kappa shape index (κ2) is 12.9. The van der Waals surface area contributed by atoms with E-state index in [0.717, 1.165) is 44.6 Å². The maximum atomic E-state index is 15.0. The molecule has 8 aliphatic heterocycles. The summed E-state index contributed by atoms with van der Waals surface area (Å²) < 4.78 is 36.4. The largest absolute Gasteiger partial charge is 0.504 e. The minimum absolute atomic E-state index is 0.0392. The number of phenols is 1. The highest BCUT2D eigenvalue weighted by molar-refractivity contribution is 7.99. The molecule has 7 atom stereocenters. The van der Waals surface area contributed by atoms with Gasteiger partial charge in [-0.3, -0.25) is 19.9 Å². The SMILES string of the molecule is CCN1CC2(O)Cc3cc(C)c(OC)c(O)c3[C@H]1C1[C@@H]3SC[C@]4(NCCc5c4[nH]c4ccc(OC)cc54)C(=O)OCC(c4c5c(c(C)c(OC(C)=O)c43)OCO5)N12. The normalized spacial score (nSPS) is 29.6. The Morgan fingerprint density at radius 3 is 2.63 bits per heavy atom. The van der Waals surface area contributed by atoms with Crippen molar-refractivity contribution in [3.05, 3.63) is 68.9 Å². The minimum atomic E-state index is -1.49. The Morgan fingerprint density at radius 2 is 1.88 bits per heavy atom. The number of piperazine rings is 1. The van der Waals surface area contributed by atoms with Gasteiger partial charge < -0.3 is 43.6 Å². The van der Waals surface area contributed by atoms with Gasteiger partial charge in [-0.2, -0.15) is 0 Å². The predicted octanol–water partition coefficient (Wildman–Crippen LogP) is 4.58. The number of hydrogen-bond donors (Lipinski definition) is 4. The van der Waals surface area contributed by atoms with Gasteiger partial charge in [-0.15, -0.1) is 11.8 Å². The lowest BCUT2D eigenvalue weighted by molar-refractivity contribution is -0.218. The van der Waals surface area contributed by atoms with Crippen LogP contribution < -0.4 is 29.0 Å². The number of ether oxygens (including phenoxy) is 6. The summed E-state index contributed by atoms with van der Waals surface area (Å²) in [5.74, 6) is 1.71. The van der Waals surface area contributed by atoms with Crippen LogP contribution in [-0.2, 0) is 32.7 Å². The summed E-state index contributed by atoms with van der Waals surface area (Å²) in [6.45, 7) is 8.32. The fourth-order valence-corrected chi connectivity index (χ4v) is 12.5. The Morgan fingerprint density at radius 1 is 1.07 bits per heavy atom. The number of hydrogen-bond acceptors (Lipinski definition) is 14. The zero-order valence-electron chi connectivity index (χ0n) is 32.7. The van der Waals surface area contributed by atoms with E-state index in [2.05, 4.69) is 27.0 Å². The van der Waals surface area contributed by atoms with Crippen LogP contribution in [0.25, 0.3) is 10.9 Å². The number of carbonyl (C=O) groups is 2. The fourth-order valence-electron chi connectivity index (χ4n) is 10.8. The number of rotatable bonds is 4. The number of fused-ring (bicyclic) bond motifs is 8. The number of aromatic nitrogens is 1. The van der Waals surface area contributed by atoms with Crippen LogP contribution in [0.1, 0.15) is 75.8 Å². The second-order valence-electron chi connectivity index (χ2n) is 16.0. The summed E-state index contributed by atoms with van der Waals surface area (Å²) in [5, 5.41) is 29.5. The van der Waals surface area contributed by atoms with Gasteiger partial charge in [0.05, 0.1) is 37.2 Å². The molecule has 1 aromatic heterocycles. The third-order valence-electron chi connectivity index (χ3n) is 13.0.